The summed E-state index contributed by atoms with van der Waals surface area (Å²) in [6, 6.07) is 16.3. The number of likely N-dealkylation sites (tertiary alicyclic amines) is 1. The Kier molecular flexibility index (Phi) is 4.77. The molecule has 26 heavy (non-hydrogen) atoms. The van der Waals surface area contributed by atoms with Gasteiger partial charge >= 0.3 is 0 Å². The highest BCUT2D eigenvalue weighted by Crippen LogP contribution is 2.32. The van der Waals surface area contributed by atoms with E-state index in [0.29, 0.717) is 37.6 Å². The van der Waals surface area contributed by atoms with Gasteiger partial charge < -0.3 is 9.63 Å². The van der Waals surface area contributed by atoms with Crippen LogP contribution in [0.25, 0.3) is 0 Å². The van der Waals surface area contributed by atoms with Gasteiger partial charge in [-0.05, 0) is 29.7 Å². The summed E-state index contributed by atoms with van der Waals surface area (Å²) < 4.78 is 18.6. The first-order valence-corrected chi connectivity index (χ1v) is 8.70. The Morgan fingerprint density at radius 3 is 2.62 bits per heavy atom. The predicted molar refractivity (Wildman–Crippen MR) is 93.7 cm³/mol. The van der Waals surface area contributed by atoms with Crippen molar-refractivity contribution >= 4 is 0 Å². The van der Waals surface area contributed by atoms with Crippen molar-refractivity contribution < 1.29 is 14.0 Å². The number of nitrogens with zero attached hydrogens (tertiary/aromatic N) is 3. The summed E-state index contributed by atoms with van der Waals surface area (Å²) in [5.74, 6) is 0.901. The SMILES string of the molecule is OC1CC(c2nc(Cc3ccccc3)no2)N(Cc2ccc(F)cc2)C1. The molecule has 0 aliphatic carbocycles. The summed E-state index contributed by atoms with van der Waals surface area (Å²) in [4.78, 5) is 6.63. The monoisotopic (exact) mass is 353 g/mol. The molecule has 1 saturated heterocycles. The van der Waals surface area contributed by atoms with E-state index in [4.69, 9.17) is 4.52 Å². The summed E-state index contributed by atoms with van der Waals surface area (Å²) in [6.07, 6.45) is 0.719. The summed E-state index contributed by atoms with van der Waals surface area (Å²) in [6.45, 7) is 1.12. The zero-order chi connectivity index (χ0) is 17.9. The largest absolute Gasteiger partial charge is 0.392 e. The van der Waals surface area contributed by atoms with Gasteiger partial charge in [0.25, 0.3) is 0 Å². The molecular formula is C20H20FN3O2. The van der Waals surface area contributed by atoms with Crippen molar-refractivity contribution in [2.75, 3.05) is 6.54 Å². The Hall–Kier alpha value is -2.57. The first kappa shape index (κ1) is 16.9. The van der Waals surface area contributed by atoms with Gasteiger partial charge in [-0.15, -0.1) is 0 Å². The van der Waals surface area contributed by atoms with Crippen LogP contribution in [0, 0.1) is 5.82 Å². The van der Waals surface area contributed by atoms with E-state index in [-0.39, 0.29) is 11.9 Å². The molecule has 134 valence electrons. The molecule has 0 saturated carbocycles. The molecule has 6 heteroatoms. The molecule has 5 nitrogen and oxygen atoms in total. The van der Waals surface area contributed by atoms with Gasteiger partial charge in [-0.25, -0.2) is 4.39 Å². The van der Waals surface area contributed by atoms with Gasteiger partial charge in [0.05, 0.1) is 12.1 Å². The highest BCUT2D eigenvalue weighted by atomic mass is 19.1. The highest BCUT2D eigenvalue weighted by Gasteiger charge is 2.35. The number of rotatable bonds is 5. The van der Waals surface area contributed by atoms with E-state index in [1.54, 1.807) is 12.1 Å². The lowest BCUT2D eigenvalue weighted by Gasteiger charge is -2.21. The van der Waals surface area contributed by atoms with Crippen molar-refractivity contribution in [2.45, 2.75) is 31.5 Å². The molecule has 1 aliphatic heterocycles. The number of aromatic nitrogens is 2. The lowest BCUT2D eigenvalue weighted by Crippen LogP contribution is -2.24. The third kappa shape index (κ3) is 3.81. The molecular weight excluding hydrogens is 333 g/mol. The van der Waals surface area contributed by atoms with Crippen LogP contribution in [0.15, 0.2) is 59.1 Å². The van der Waals surface area contributed by atoms with E-state index in [0.717, 1.165) is 11.1 Å². The number of hydrogen-bond donors (Lipinski definition) is 1. The van der Waals surface area contributed by atoms with Crippen LogP contribution in [-0.2, 0) is 13.0 Å². The van der Waals surface area contributed by atoms with Crippen molar-refractivity contribution in [3.05, 3.63) is 83.3 Å². The molecule has 1 aromatic heterocycles. The van der Waals surface area contributed by atoms with Crippen LogP contribution in [0.5, 0.6) is 0 Å². The summed E-state index contributed by atoms with van der Waals surface area (Å²) in [5.41, 5.74) is 2.10. The first-order valence-electron chi connectivity index (χ1n) is 8.70. The minimum absolute atomic E-state index is 0.132. The lowest BCUT2D eigenvalue weighted by molar-refractivity contribution is 0.169. The second-order valence-electron chi connectivity index (χ2n) is 6.67. The first-order chi connectivity index (χ1) is 12.7. The number of aliphatic hydroxyl groups is 1. The Morgan fingerprint density at radius 2 is 1.85 bits per heavy atom. The molecule has 1 aliphatic rings. The van der Waals surface area contributed by atoms with Gasteiger partial charge in [0.2, 0.25) is 5.89 Å². The number of halogens is 1. The maximum absolute atomic E-state index is 13.1. The maximum atomic E-state index is 13.1. The highest BCUT2D eigenvalue weighted by molar-refractivity contribution is 5.19. The van der Waals surface area contributed by atoms with Crippen molar-refractivity contribution in [3.8, 4) is 0 Å². The topological polar surface area (TPSA) is 62.4 Å². The lowest BCUT2D eigenvalue weighted by atomic mass is 10.1. The van der Waals surface area contributed by atoms with E-state index >= 15 is 0 Å². The number of aliphatic hydroxyl groups excluding tert-OH is 1. The summed E-state index contributed by atoms with van der Waals surface area (Å²) in [7, 11) is 0. The molecule has 3 aromatic rings. The van der Waals surface area contributed by atoms with Crippen molar-refractivity contribution in [1.82, 2.24) is 15.0 Å². The van der Waals surface area contributed by atoms with Crippen LogP contribution in [0.2, 0.25) is 0 Å². The number of benzene rings is 2. The Balaban J connectivity index is 1.49. The molecule has 2 unspecified atom stereocenters. The average Bonchev–Trinajstić information content (AvgIpc) is 3.24. The second kappa shape index (κ2) is 7.35. The minimum atomic E-state index is -0.440. The molecule has 1 N–H and O–H groups in total. The zero-order valence-corrected chi connectivity index (χ0v) is 14.3. The van der Waals surface area contributed by atoms with Crippen LogP contribution in [0.1, 0.15) is 35.3 Å². The Bertz CT molecular complexity index is 851. The molecule has 0 radical (unpaired) electrons. The Labute approximate surface area is 151 Å². The maximum Gasteiger partial charge on any atom is 0.244 e. The van der Waals surface area contributed by atoms with E-state index in [9.17, 15) is 9.50 Å². The van der Waals surface area contributed by atoms with Crippen LogP contribution in [0.4, 0.5) is 4.39 Å². The fourth-order valence-corrected chi connectivity index (χ4v) is 3.39. The van der Waals surface area contributed by atoms with Crippen molar-refractivity contribution in [3.63, 3.8) is 0 Å². The number of β-amino-alcohol motifs (C(OH)–C–C–N with tert-alkyl or cyclic N) is 1. The van der Waals surface area contributed by atoms with E-state index in [1.165, 1.54) is 12.1 Å². The van der Waals surface area contributed by atoms with Crippen molar-refractivity contribution in [2.24, 2.45) is 0 Å². The van der Waals surface area contributed by atoms with Crippen LogP contribution in [-0.4, -0.2) is 32.8 Å². The number of hydrogen-bond acceptors (Lipinski definition) is 5. The minimum Gasteiger partial charge on any atom is -0.392 e. The van der Waals surface area contributed by atoms with Crippen molar-refractivity contribution in [1.29, 1.82) is 0 Å². The Morgan fingerprint density at radius 1 is 1.08 bits per heavy atom. The van der Waals surface area contributed by atoms with Crippen LogP contribution >= 0.6 is 0 Å². The molecule has 2 atom stereocenters. The molecule has 0 spiro atoms. The molecule has 2 aromatic carbocycles. The zero-order valence-electron chi connectivity index (χ0n) is 14.3. The van der Waals surface area contributed by atoms with Crippen LogP contribution < -0.4 is 0 Å². The van der Waals surface area contributed by atoms with Crippen LogP contribution in [0.3, 0.4) is 0 Å². The normalized spacial score (nSPS) is 20.5. The standard InChI is InChI=1S/C20H20FN3O2/c21-16-8-6-15(7-9-16)12-24-13-17(25)11-18(24)20-22-19(23-26-20)10-14-4-2-1-3-5-14/h1-9,17-18,25H,10-13H2. The van der Waals surface area contributed by atoms with Gasteiger partial charge in [-0.3, -0.25) is 4.90 Å². The molecule has 0 amide bonds. The smallest absolute Gasteiger partial charge is 0.244 e. The third-order valence-electron chi connectivity index (χ3n) is 4.65. The molecule has 0 bridgehead atoms. The van der Waals surface area contributed by atoms with E-state index in [2.05, 4.69) is 15.0 Å². The third-order valence-corrected chi connectivity index (χ3v) is 4.65. The second-order valence-corrected chi connectivity index (χ2v) is 6.67. The van der Waals surface area contributed by atoms with Gasteiger partial charge in [0, 0.05) is 19.5 Å². The van der Waals surface area contributed by atoms with E-state index < -0.39 is 6.10 Å². The van der Waals surface area contributed by atoms with Gasteiger partial charge in [-0.1, -0.05) is 47.6 Å². The molecule has 1 fully saturated rings. The fraction of sp³-hybridized carbons (Fsp3) is 0.300. The summed E-state index contributed by atoms with van der Waals surface area (Å²) in [5, 5.41) is 14.2. The fourth-order valence-electron chi connectivity index (χ4n) is 3.39. The summed E-state index contributed by atoms with van der Waals surface area (Å²) >= 11 is 0. The van der Waals surface area contributed by atoms with Gasteiger partial charge in [-0.2, -0.15) is 4.98 Å². The average molecular weight is 353 g/mol. The molecule has 4 rings (SSSR count). The van der Waals surface area contributed by atoms with E-state index in [1.807, 2.05) is 30.3 Å². The molecule has 2 heterocycles. The predicted octanol–water partition coefficient (Wildman–Crippen LogP) is 3.11. The van der Waals surface area contributed by atoms with Gasteiger partial charge in [0.15, 0.2) is 5.82 Å². The van der Waals surface area contributed by atoms with Gasteiger partial charge in [0.1, 0.15) is 5.82 Å². The quantitative estimate of drug-likeness (QED) is 0.764.